The minimum atomic E-state index is -3.70. The van der Waals surface area contributed by atoms with Gasteiger partial charge < -0.3 is 10.6 Å². The van der Waals surface area contributed by atoms with Crippen LogP contribution in [0.4, 0.5) is 10.5 Å². The second-order valence-corrected chi connectivity index (χ2v) is 7.78. The molecule has 0 saturated heterocycles. The van der Waals surface area contributed by atoms with Crippen LogP contribution in [0, 0.1) is 11.3 Å². The molecule has 8 heteroatoms. The van der Waals surface area contributed by atoms with Crippen LogP contribution in [0.5, 0.6) is 0 Å². The summed E-state index contributed by atoms with van der Waals surface area (Å²) in [7, 11) is -3.70. The SMILES string of the molecule is N#Cc1ccc(S(=O)(=O)c2ccc(NC(=O)NCc3ccncc3)cc2)cc1. The molecule has 0 unspecified atom stereocenters. The maximum atomic E-state index is 12.6. The van der Waals surface area contributed by atoms with Crippen LogP contribution < -0.4 is 10.6 Å². The second kappa shape index (κ2) is 8.33. The van der Waals surface area contributed by atoms with E-state index < -0.39 is 15.9 Å². The Morgan fingerprint density at radius 1 is 0.929 bits per heavy atom. The van der Waals surface area contributed by atoms with E-state index in [0.717, 1.165) is 5.56 Å². The number of amides is 2. The predicted octanol–water partition coefficient (Wildman–Crippen LogP) is 3.11. The zero-order valence-corrected chi connectivity index (χ0v) is 15.5. The maximum absolute atomic E-state index is 12.6. The Labute approximate surface area is 162 Å². The molecule has 2 N–H and O–H groups in total. The Morgan fingerprint density at radius 3 is 2.07 bits per heavy atom. The first-order chi connectivity index (χ1) is 13.5. The van der Waals surface area contributed by atoms with Crippen LogP contribution in [0.1, 0.15) is 11.1 Å². The molecule has 0 aliphatic carbocycles. The molecule has 2 aromatic carbocycles. The van der Waals surface area contributed by atoms with Gasteiger partial charge in [-0.25, -0.2) is 13.2 Å². The van der Waals surface area contributed by atoms with Gasteiger partial charge in [0.25, 0.3) is 0 Å². The van der Waals surface area contributed by atoms with Crippen LogP contribution in [-0.4, -0.2) is 19.4 Å². The Morgan fingerprint density at radius 2 is 1.50 bits per heavy atom. The van der Waals surface area contributed by atoms with Crippen LogP contribution in [0.3, 0.4) is 0 Å². The van der Waals surface area contributed by atoms with Gasteiger partial charge in [0.15, 0.2) is 0 Å². The third-order valence-electron chi connectivity index (χ3n) is 3.92. The molecule has 2 amide bonds. The molecule has 3 aromatic rings. The van der Waals surface area contributed by atoms with Gasteiger partial charge in [0.05, 0.1) is 21.4 Å². The molecule has 0 aliphatic rings. The minimum absolute atomic E-state index is 0.0972. The van der Waals surface area contributed by atoms with Crippen LogP contribution in [0.15, 0.2) is 82.8 Å². The van der Waals surface area contributed by atoms with Crippen molar-refractivity contribution in [3.8, 4) is 6.07 Å². The van der Waals surface area contributed by atoms with Crippen molar-refractivity contribution in [1.82, 2.24) is 10.3 Å². The third-order valence-corrected chi connectivity index (χ3v) is 5.70. The third kappa shape index (κ3) is 4.52. The van der Waals surface area contributed by atoms with E-state index in [2.05, 4.69) is 15.6 Å². The van der Waals surface area contributed by atoms with E-state index in [0.29, 0.717) is 17.8 Å². The number of carbonyl (C=O) groups is 1. The van der Waals surface area contributed by atoms with Gasteiger partial charge in [-0.2, -0.15) is 5.26 Å². The zero-order chi connectivity index (χ0) is 20.0. The number of benzene rings is 2. The number of nitriles is 1. The van der Waals surface area contributed by atoms with Gasteiger partial charge in [0.2, 0.25) is 9.84 Å². The molecule has 140 valence electrons. The number of nitrogens with one attached hydrogen (secondary N) is 2. The number of nitrogens with zero attached hydrogens (tertiary/aromatic N) is 2. The van der Waals surface area contributed by atoms with Crippen molar-refractivity contribution in [2.45, 2.75) is 16.3 Å². The summed E-state index contributed by atoms with van der Waals surface area (Å²) in [5, 5.41) is 14.2. The molecule has 0 aliphatic heterocycles. The molecule has 1 heterocycles. The number of hydrogen-bond acceptors (Lipinski definition) is 5. The number of carbonyl (C=O) groups excluding carboxylic acids is 1. The van der Waals surface area contributed by atoms with Gasteiger partial charge in [0.1, 0.15) is 0 Å². The molecular weight excluding hydrogens is 376 g/mol. The fraction of sp³-hybridized carbons (Fsp3) is 0.0500. The van der Waals surface area contributed by atoms with Crippen LogP contribution in [0.25, 0.3) is 0 Å². The standard InChI is InChI=1S/C20H16N4O3S/c21-13-15-1-5-18(6-2-15)28(26,27)19-7-3-17(4-8-19)24-20(25)23-14-16-9-11-22-12-10-16/h1-12H,14H2,(H2,23,24,25). The summed E-state index contributed by atoms with van der Waals surface area (Å²) in [6, 6.07) is 16.7. The average molecular weight is 392 g/mol. The lowest BCUT2D eigenvalue weighted by Crippen LogP contribution is -2.28. The van der Waals surface area contributed by atoms with Gasteiger partial charge in [0, 0.05) is 24.6 Å². The summed E-state index contributed by atoms with van der Waals surface area (Å²) >= 11 is 0. The summed E-state index contributed by atoms with van der Waals surface area (Å²) in [6.07, 6.45) is 3.28. The lowest BCUT2D eigenvalue weighted by molar-refractivity contribution is 0.251. The van der Waals surface area contributed by atoms with Crippen molar-refractivity contribution < 1.29 is 13.2 Å². The van der Waals surface area contributed by atoms with Crippen molar-refractivity contribution in [2.24, 2.45) is 0 Å². The molecule has 0 saturated carbocycles. The largest absolute Gasteiger partial charge is 0.334 e. The highest BCUT2D eigenvalue weighted by Gasteiger charge is 2.17. The fourth-order valence-corrected chi connectivity index (χ4v) is 3.68. The molecule has 3 rings (SSSR count). The minimum Gasteiger partial charge on any atom is -0.334 e. The molecule has 1 aromatic heterocycles. The van der Waals surface area contributed by atoms with E-state index in [1.165, 1.54) is 48.5 Å². The highest BCUT2D eigenvalue weighted by Crippen LogP contribution is 2.22. The highest BCUT2D eigenvalue weighted by atomic mass is 32.2. The monoisotopic (exact) mass is 392 g/mol. The normalized spacial score (nSPS) is 10.7. The summed E-state index contributed by atoms with van der Waals surface area (Å²) in [5.41, 5.74) is 1.76. The van der Waals surface area contributed by atoms with Crippen molar-refractivity contribution in [3.63, 3.8) is 0 Å². The predicted molar refractivity (Wildman–Crippen MR) is 103 cm³/mol. The zero-order valence-electron chi connectivity index (χ0n) is 14.7. The van der Waals surface area contributed by atoms with Crippen molar-refractivity contribution in [3.05, 3.63) is 84.2 Å². The molecule has 0 bridgehead atoms. The van der Waals surface area contributed by atoms with Crippen LogP contribution in [0.2, 0.25) is 0 Å². The number of anilines is 1. The topological polar surface area (TPSA) is 112 Å². The molecular formula is C20H16N4O3S. The van der Waals surface area contributed by atoms with Gasteiger partial charge in [-0.05, 0) is 66.2 Å². The maximum Gasteiger partial charge on any atom is 0.319 e. The van der Waals surface area contributed by atoms with Gasteiger partial charge in [-0.3, -0.25) is 4.98 Å². The average Bonchev–Trinajstić information content (AvgIpc) is 2.73. The van der Waals surface area contributed by atoms with Gasteiger partial charge in [-0.15, -0.1) is 0 Å². The first-order valence-electron chi connectivity index (χ1n) is 8.28. The van der Waals surface area contributed by atoms with E-state index in [1.807, 2.05) is 6.07 Å². The van der Waals surface area contributed by atoms with Gasteiger partial charge in [-0.1, -0.05) is 0 Å². The van der Waals surface area contributed by atoms with E-state index in [9.17, 15) is 13.2 Å². The summed E-state index contributed by atoms with van der Waals surface area (Å²) in [5.74, 6) is 0. The first-order valence-corrected chi connectivity index (χ1v) is 9.76. The number of pyridine rings is 1. The van der Waals surface area contributed by atoms with E-state index >= 15 is 0 Å². The number of rotatable bonds is 5. The second-order valence-electron chi connectivity index (χ2n) is 5.83. The van der Waals surface area contributed by atoms with Crippen LogP contribution in [-0.2, 0) is 16.4 Å². The fourth-order valence-electron chi connectivity index (χ4n) is 2.42. The molecule has 0 spiro atoms. The van der Waals surface area contributed by atoms with E-state index in [1.54, 1.807) is 24.5 Å². The summed E-state index contributed by atoms with van der Waals surface area (Å²) < 4.78 is 25.3. The first kappa shape index (κ1) is 19.1. The number of hydrogen-bond donors (Lipinski definition) is 2. The Hall–Kier alpha value is -3.70. The number of aromatic nitrogens is 1. The number of urea groups is 1. The van der Waals surface area contributed by atoms with Crippen molar-refractivity contribution in [1.29, 1.82) is 5.26 Å². The molecule has 0 fully saturated rings. The van der Waals surface area contributed by atoms with E-state index in [4.69, 9.17) is 5.26 Å². The Kier molecular flexibility index (Phi) is 5.67. The Bertz CT molecular complexity index is 1100. The lowest BCUT2D eigenvalue weighted by Gasteiger charge is -2.09. The van der Waals surface area contributed by atoms with Crippen LogP contribution >= 0.6 is 0 Å². The molecule has 0 atom stereocenters. The summed E-state index contributed by atoms with van der Waals surface area (Å²) in [6.45, 7) is 0.347. The van der Waals surface area contributed by atoms with Crippen molar-refractivity contribution >= 4 is 21.6 Å². The number of sulfone groups is 1. The van der Waals surface area contributed by atoms with E-state index in [-0.39, 0.29) is 9.79 Å². The van der Waals surface area contributed by atoms with Crippen molar-refractivity contribution in [2.75, 3.05) is 5.32 Å². The smallest absolute Gasteiger partial charge is 0.319 e. The molecule has 28 heavy (non-hydrogen) atoms. The molecule has 7 nitrogen and oxygen atoms in total. The molecule has 0 radical (unpaired) electrons. The quantitative estimate of drug-likeness (QED) is 0.693. The highest BCUT2D eigenvalue weighted by molar-refractivity contribution is 7.91. The lowest BCUT2D eigenvalue weighted by atomic mass is 10.2. The van der Waals surface area contributed by atoms with Gasteiger partial charge >= 0.3 is 6.03 Å². The Balaban J connectivity index is 1.65. The summed E-state index contributed by atoms with van der Waals surface area (Å²) in [4.78, 5) is 16.1.